The molecule has 0 saturated heterocycles. The summed E-state index contributed by atoms with van der Waals surface area (Å²) in [6.45, 7) is 5.98. The highest BCUT2D eigenvalue weighted by Gasteiger charge is 2.16. The van der Waals surface area contributed by atoms with Crippen LogP contribution in [0.3, 0.4) is 0 Å². The second-order valence-electron chi connectivity index (χ2n) is 5.82. The van der Waals surface area contributed by atoms with Crippen molar-refractivity contribution < 1.29 is 4.39 Å². The molecule has 0 bridgehead atoms. The van der Waals surface area contributed by atoms with Gasteiger partial charge in [0, 0.05) is 5.56 Å². The highest BCUT2D eigenvalue weighted by atomic mass is 35.5. The molecule has 0 spiro atoms. The van der Waals surface area contributed by atoms with E-state index in [0.717, 1.165) is 35.1 Å². The van der Waals surface area contributed by atoms with Crippen LogP contribution in [0.4, 0.5) is 10.1 Å². The molecule has 0 aliphatic heterocycles. The van der Waals surface area contributed by atoms with Gasteiger partial charge in [-0.15, -0.1) is 0 Å². The first kappa shape index (κ1) is 18.0. The second kappa shape index (κ2) is 7.51. The van der Waals surface area contributed by atoms with Gasteiger partial charge in [0.05, 0.1) is 22.3 Å². The Morgan fingerprint density at radius 3 is 2.58 bits per heavy atom. The van der Waals surface area contributed by atoms with Crippen LogP contribution >= 0.6 is 11.6 Å². The van der Waals surface area contributed by atoms with E-state index in [1.807, 2.05) is 26.0 Å². The van der Waals surface area contributed by atoms with E-state index >= 15 is 0 Å². The van der Waals surface area contributed by atoms with Gasteiger partial charge < -0.3 is 5.73 Å². The summed E-state index contributed by atoms with van der Waals surface area (Å²) < 4.78 is 13.7. The Bertz CT molecular complexity index is 848. The highest BCUT2D eigenvalue weighted by Crippen LogP contribution is 2.36. The molecule has 0 fully saturated rings. The van der Waals surface area contributed by atoms with Crippen molar-refractivity contribution in [3.05, 3.63) is 69.0 Å². The standard InChI is InChI=1S/C20H20ClFN2/c1-4-5-6-15(16-7-8-18(22)20(24)19(16)21)17-10-14(11-23)12(2)9-13(17)3/h6-10H,4-5,24H2,1-3H3/b15-6-. The summed E-state index contributed by atoms with van der Waals surface area (Å²) in [4.78, 5) is 0. The first-order valence-electron chi connectivity index (χ1n) is 7.86. The van der Waals surface area contributed by atoms with E-state index in [1.165, 1.54) is 6.07 Å². The average molecular weight is 343 g/mol. The SMILES string of the molecule is CCC/C=C(\c1cc(C#N)c(C)cc1C)c1ccc(F)c(N)c1Cl. The van der Waals surface area contributed by atoms with Crippen LogP contribution in [0.25, 0.3) is 5.57 Å². The normalized spacial score (nSPS) is 11.4. The van der Waals surface area contributed by atoms with Gasteiger partial charge in [-0.05, 0) is 60.7 Å². The molecule has 0 aliphatic carbocycles. The molecule has 2 aromatic carbocycles. The zero-order chi connectivity index (χ0) is 17.9. The van der Waals surface area contributed by atoms with E-state index in [0.29, 0.717) is 11.1 Å². The van der Waals surface area contributed by atoms with E-state index in [-0.39, 0.29) is 10.7 Å². The summed E-state index contributed by atoms with van der Waals surface area (Å²) in [5, 5.41) is 9.54. The summed E-state index contributed by atoms with van der Waals surface area (Å²) >= 11 is 6.31. The lowest BCUT2D eigenvalue weighted by atomic mass is 9.90. The molecule has 0 saturated carbocycles. The summed E-state index contributed by atoms with van der Waals surface area (Å²) in [6.07, 6.45) is 3.88. The lowest BCUT2D eigenvalue weighted by Crippen LogP contribution is -2.00. The molecule has 2 nitrogen and oxygen atoms in total. The van der Waals surface area contributed by atoms with Crippen molar-refractivity contribution >= 4 is 22.9 Å². The Labute approximate surface area is 147 Å². The predicted molar refractivity (Wildman–Crippen MR) is 98.4 cm³/mol. The average Bonchev–Trinajstić information content (AvgIpc) is 2.56. The van der Waals surface area contributed by atoms with Gasteiger partial charge in [0.1, 0.15) is 5.82 Å². The molecule has 2 rings (SSSR count). The molecular formula is C20H20ClFN2. The second-order valence-corrected chi connectivity index (χ2v) is 6.20. The Kier molecular flexibility index (Phi) is 5.64. The minimum Gasteiger partial charge on any atom is -0.395 e. The first-order valence-corrected chi connectivity index (χ1v) is 8.24. The number of hydrogen-bond donors (Lipinski definition) is 1. The third-order valence-electron chi connectivity index (χ3n) is 4.04. The third kappa shape index (κ3) is 3.44. The zero-order valence-corrected chi connectivity index (χ0v) is 14.8. The van der Waals surface area contributed by atoms with E-state index < -0.39 is 5.82 Å². The van der Waals surface area contributed by atoms with Crippen molar-refractivity contribution in [3.63, 3.8) is 0 Å². The summed E-state index contributed by atoms with van der Waals surface area (Å²) in [7, 11) is 0. The number of anilines is 1. The predicted octanol–water partition coefficient (Wildman–Crippen LogP) is 5.78. The first-order chi connectivity index (χ1) is 11.4. The lowest BCUT2D eigenvalue weighted by Gasteiger charge is -2.16. The maximum atomic E-state index is 13.7. The van der Waals surface area contributed by atoms with Crippen LogP contribution in [0.1, 0.15) is 47.6 Å². The smallest absolute Gasteiger partial charge is 0.147 e. The number of unbranched alkanes of at least 4 members (excludes halogenated alkanes) is 1. The number of nitriles is 1. The van der Waals surface area contributed by atoms with Crippen molar-refractivity contribution in [3.8, 4) is 6.07 Å². The Balaban J connectivity index is 2.73. The fraction of sp³-hybridized carbons (Fsp3) is 0.250. The summed E-state index contributed by atoms with van der Waals surface area (Å²) in [5.41, 5.74) is 10.8. The number of nitrogen functional groups attached to an aromatic ring is 1. The van der Waals surface area contributed by atoms with Gasteiger partial charge in [0.15, 0.2) is 0 Å². The molecule has 0 unspecified atom stereocenters. The zero-order valence-electron chi connectivity index (χ0n) is 14.1. The number of aryl methyl sites for hydroxylation is 2. The fourth-order valence-corrected chi connectivity index (χ4v) is 2.95. The Hall–Kier alpha value is -2.31. The molecule has 0 atom stereocenters. The minimum atomic E-state index is -0.531. The fourth-order valence-electron chi connectivity index (χ4n) is 2.69. The van der Waals surface area contributed by atoms with Gasteiger partial charge in [0.2, 0.25) is 0 Å². The third-order valence-corrected chi connectivity index (χ3v) is 4.44. The van der Waals surface area contributed by atoms with E-state index in [9.17, 15) is 9.65 Å². The van der Waals surface area contributed by atoms with E-state index in [4.69, 9.17) is 17.3 Å². The maximum absolute atomic E-state index is 13.7. The minimum absolute atomic E-state index is 0.0539. The Morgan fingerprint density at radius 2 is 1.96 bits per heavy atom. The molecule has 0 aliphatic rings. The molecule has 4 heteroatoms. The van der Waals surface area contributed by atoms with Crippen LogP contribution in [-0.4, -0.2) is 0 Å². The monoisotopic (exact) mass is 342 g/mol. The number of hydrogen-bond acceptors (Lipinski definition) is 2. The molecule has 0 heterocycles. The van der Waals surface area contributed by atoms with Gasteiger partial charge in [-0.25, -0.2) is 4.39 Å². The van der Waals surface area contributed by atoms with Gasteiger partial charge in [-0.3, -0.25) is 0 Å². The van der Waals surface area contributed by atoms with E-state index in [2.05, 4.69) is 19.1 Å². The molecule has 124 valence electrons. The van der Waals surface area contributed by atoms with Crippen LogP contribution in [0.5, 0.6) is 0 Å². The Morgan fingerprint density at radius 1 is 1.25 bits per heavy atom. The maximum Gasteiger partial charge on any atom is 0.147 e. The van der Waals surface area contributed by atoms with Gasteiger partial charge in [-0.1, -0.05) is 37.1 Å². The number of nitrogens with zero attached hydrogens (tertiary/aromatic N) is 1. The number of nitrogens with two attached hydrogens (primary N) is 1. The highest BCUT2D eigenvalue weighted by molar-refractivity contribution is 6.35. The number of benzene rings is 2. The van der Waals surface area contributed by atoms with E-state index in [1.54, 1.807) is 6.07 Å². The van der Waals surface area contributed by atoms with Crippen LogP contribution in [-0.2, 0) is 0 Å². The summed E-state index contributed by atoms with van der Waals surface area (Å²) in [5.74, 6) is -0.531. The largest absolute Gasteiger partial charge is 0.395 e. The van der Waals surface area contributed by atoms with Crippen molar-refractivity contribution in [2.45, 2.75) is 33.6 Å². The lowest BCUT2D eigenvalue weighted by molar-refractivity contribution is 0.632. The van der Waals surface area contributed by atoms with Crippen LogP contribution in [0, 0.1) is 31.0 Å². The van der Waals surface area contributed by atoms with Crippen molar-refractivity contribution in [1.82, 2.24) is 0 Å². The molecule has 2 N–H and O–H groups in total. The van der Waals surface area contributed by atoms with Crippen molar-refractivity contribution in [2.24, 2.45) is 0 Å². The van der Waals surface area contributed by atoms with Crippen LogP contribution in [0.15, 0.2) is 30.3 Å². The molecule has 2 aromatic rings. The van der Waals surface area contributed by atoms with Crippen LogP contribution < -0.4 is 5.73 Å². The molecule has 0 aromatic heterocycles. The van der Waals surface area contributed by atoms with Crippen LogP contribution in [0.2, 0.25) is 5.02 Å². The molecule has 24 heavy (non-hydrogen) atoms. The quantitative estimate of drug-likeness (QED) is 0.716. The molecule has 0 radical (unpaired) electrons. The van der Waals surface area contributed by atoms with Gasteiger partial charge >= 0.3 is 0 Å². The molecule has 0 amide bonds. The topological polar surface area (TPSA) is 49.8 Å². The van der Waals surface area contributed by atoms with Gasteiger partial charge in [0.25, 0.3) is 0 Å². The number of halogens is 2. The number of rotatable bonds is 4. The van der Waals surface area contributed by atoms with Crippen molar-refractivity contribution in [1.29, 1.82) is 5.26 Å². The summed E-state index contributed by atoms with van der Waals surface area (Å²) in [6, 6.07) is 9.02. The van der Waals surface area contributed by atoms with Crippen molar-refractivity contribution in [2.75, 3.05) is 5.73 Å². The van der Waals surface area contributed by atoms with Gasteiger partial charge in [-0.2, -0.15) is 5.26 Å². The number of allylic oxidation sites excluding steroid dienone is 1. The molecular weight excluding hydrogens is 323 g/mol.